The molecule has 4 rings (SSSR count). The zero-order valence-electron chi connectivity index (χ0n) is 11.4. The highest BCUT2D eigenvalue weighted by molar-refractivity contribution is 7.13. The van der Waals surface area contributed by atoms with E-state index < -0.39 is 0 Å². The second-order valence-corrected chi connectivity index (χ2v) is 6.72. The van der Waals surface area contributed by atoms with Gasteiger partial charge in [0.05, 0.1) is 11.0 Å². The van der Waals surface area contributed by atoms with Crippen LogP contribution in [0.2, 0.25) is 0 Å². The number of amides is 1. The highest BCUT2D eigenvalue weighted by Crippen LogP contribution is 2.37. The molecule has 2 bridgehead atoms. The van der Waals surface area contributed by atoms with Crippen LogP contribution in [0.5, 0.6) is 0 Å². The van der Waals surface area contributed by atoms with Crippen LogP contribution in [-0.2, 0) is 0 Å². The third-order valence-corrected chi connectivity index (χ3v) is 5.32. The summed E-state index contributed by atoms with van der Waals surface area (Å²) in [6, 6.07) is 5.90. The second-order valence-electron chi connectivity index (χ2n) is 5.78. The van der Waals surface area contributed by atoms with Gasteiger partial charge in [0.2, 0.25) is 0 Å². The fraction of sp³-hybridized carbons (Fsp3) is 0.467. The Morgan fingerprint density at radius 1 is 1.38 bits per heavy atom. The molecule has 0 aromatic carbocycles. The van der Waals surface area contributed by atoms with Crippen molar-refractivity contribution in [2.75, 3.05) is 0 Å². The number of aromatic nitrogens is 1. The van der Waals surface area contributed by atoms with Crippen LogP contribution in [-0.4, -0.2) is 39.3 Å². The van der Waals surface area contributed by atoms with E-state index in [0.717, 1.165) is 17.7 Å². The average molecular weight is 304 g/mol. The monoisotopic (exact) mass is 304 g/mol. The minimum atomic E-state index is -0.273. The molecule has 2 atom stereocenters. The smallest absolute Gasteiger partial charge is 0.276 e. The maximum Gasteiger partial charge on any atom is 0.276 e. The van der Waals surface area contributed by atoms with Crippen LogP contribution in [0, 0.1) is 0 Å². The van der Waals surface area contributed by atoms with Crippen LogP contribution in [0.25, 0.3) is 10.6 Å². The lowest BCUT2D eigenvalue weighted by Crippen LogP contribution is -2.48. The van der Waals surface area contributed by atoms with Crippen molar-refractivity contribution >= 4 is 17.2 Å². The highest BCUT2D eigenvalue weighted by atomic mass is 32.1. The molecule has 1 amide bonds. The molecule has 0 spiro atoms. The second kappa shape index (κ2) is 4.96. The predicted molar refractivity (Wildman–Crippen MR) is 78.0 cm³/mol. The van der Waals surface area contributed by atoms with Crippen molar-refractivity contribution in [2.45, 2.75) is 43.9 Å². The Kier molecular flexibility index (Phi) is 3.08. The van der Waals surface area contributed by atoms with Gasteiger partial charge < -0.3 is 14.5 Å². The largest absolute Gasteiger partial charge is 0.393 e. The van der Waals surface area contributed by atoms with Gasteiger partial charge in [-0.1, -0.05) is 11.2 Å². The van der Waals surface area contributed by atoms with E-state index in [1.165, 1.54) is 0 Å². The summed E-state index contributed by atoms with van der Waals surface area (Å²) in [5, 5.41) is 15.7. The number of fused-ring (bicyclic) bond motifs is 2. The molecule has 0 radical (unpaired) electrons. The van der Waals surface area contributed by atoms with Crippen LogP contribution in [0.15, 0.2) is 28.1 Å². The van der Waals surface area contributed by atoms with E-state index in [2.05, 4.69) is 5.16 Å². The first-order valence-electron chi connectivity index (χ1n) is 7.23. The Hall–Kier alpha value is -1.66. The minimum absolute atomic E-state index is 0.0686. The van der Waals surface area contributed by atoms with Crippen molar-refractivity contribution in [3.05, 3.63) is 29.3 Å². The molecule has 6 heteroatoms. The molecule has 5 nitrogen and oxygen atoms in total. The fourth-order valence-corrected chi connectivity index (χ4v) is 4.20. The maximum atomic E-state index is 12.7. The van der Waals surface area contributed by atoms with Gasteiger partial charge in [0.15, 0.2) is 11.5 Å². The van der Waals surface area contributed by atoms with Crippen molar-refractivity contribution in [1.29, 1.82) is 0 Å². The number of carbonyl (C=O) groups is 1. The van der Waals surface area contributed by atoms with Gasteiger partial charge in [-0.15, -0.1) is 11.3 Å². The normalized spacial score (nSPS) is 28.0. The van der Waals surface area contributed by atoms with E-state index in [1.54, 1.807) is 17.4 Å². The third kappa shape index (κ3) is 2.18. The minimum Gasteiger partial charge on any atom is -0.393 e. The van der Waals surface area contributed by atoms with Gasteiger partial charge in [-0.2, -0.15) is 0 Å². The summed E-state index contributed by atoms with van der Waals surface area (Å²) in [5.74, 6) is 0.568. The molecule has 0 aliphatic carbocycles. The van der Waals surface area contributed by atoms with Gasteiger partial charge in [0.1, 0.15) is 0 Å². The first-order chi connectivity index (χ1) is 10.2. The van der Waals surface area contributed by atoms with Gasteiger partial charge in [-0.05, 0) is 37.1 Å². The van der Waals surface area contributed by atoms with Gasteiger partial charge >= 0.3 is 0 Å². The van der Waals surface area contributed by atoms with Crippen LogP contribution in [0.1, 0.15) is 36.2 Å². The fourth-order valence-electron chi connectivity index (χ4n) is 3.52. The summed E-state index contributed by atoms with van der Waals surface area (Å²) >= 11 is 1.56. The Morgan fingerprint density at radius 2 is 2.14 bits per heavy atom. The number of aliphatic hydroxyl groups excluding tert-OH is 1. The third-order valence-electron chi connectivity index (χ3n) is 4.44. The predicted octanol–water partition coefficient (Wildman–Crippen LogP) is 2.53. The number of nitrogens with zero attached hydrogens (tertiary/aromatic N) is 2. The van der Waals surface area contributed by atoms with Gasteiger partial charge in [-0.3, -0.25) is 4.79 Å². The van der Waals surface area contributed by atoms with E-state index in [9.17, 15) is 9.90 Å². The van der Waals surface area contributed by atoms with Gasteiger partial charge in [-0.25, -0.2) is 0 Å². The van der Waals surface area contributed by atoms with Crippen molar-refractivity contribution in [1.82, 2.24) is 10.1 Å². The van der Waals surface area contributed by atoms with Crippen molar-refractivity contribution in [2.24, 2.45) is 0 Å². The highest BCUT2D eigenvalue weighted by Gasteiger charge is 2.43. The Bertz CT molecular complexity index is 638. The molecule has 0 saturated carbocycles. The summed E-state index contributed by atoms with van der Waals surface area (Å²) in [6.07, 6.45) is 3.03. The molecular formula is C15H16N2O3S. The maximum absolute atomic E-state index is 12.7. The Labute approximate surface area is 126 Å². The molecule has 21 heavy (non-hydrogen) atoms. The number of rotatable bonds is 2. The Morgan fingerprint density at radius 3 is 2.81 bits per heavy atom. The zero-order chi connectivity index (χ0) is 14.4. The van der Waals surface area contributed by atoms with E-state index in [0.29, 0.717) is 24.3 Å². The number of thiophene rings is 1. The lowest BCUT2D eigenvalue weighted by Gasteiger charge is -2.36. The van der Waals surface area contributed by atoms with Gasteiger partial charge in [0.25, 0.3) is 5.91 Å². The molecular weight excluding hydrogens is 288 g/mol. The van der Waals surface area contributed by atoms with E-state index in [4.69, 9.17) is 4.52 Å². The van der Waals surface area contributed by atoms with Crippen molar-refractivity contribution in [3.8, 4) is 10.6 Å². The van der Waals surface area contributed by atoms with Crippen LogP contribution in [0.4, 0.5) is 0 Å². The number of carbonyl (C=O) groups excluding carboxylic acids is 1. The van der Waals surface area contributed by atoms with Crippen LogP contribution >= 0.6 is 11.3 Å². The topological polar surface area (TPSA) is 66.6 Å². The molecule has 4 heterocycles. The van der Waals surface area contributed by atoms with E-state index >= 15 is 0 Å². The van der Waals surface area contributed by atoms with Crippen LogP contribution in [0.3, 0.4) is 0 Å². The summed E-state index contributed by atoms with van der Waals surface area (Å²) in [6.45, 7) is 0. The molecule has 110 valence electrons. The summed E-state index contributed by atoms with van der Waals surface area (Å²) in [7, 11) is 0. The molecule has 2 fully saturated rings. The lowest BCUT2D eigenvalue weighted by atomic mass is 9.99. The molecule has 2 saturated heterocycles. The molecule has 2 aliphatic rings. The van der Waals surface area contributed by atoms with Crippen LogP contribution < -0.4 is 0 Å². The standard InChI is InChI=1S/C15H16N2O3S/c18-11-6-9-3-4-10(7-11)17(9)15(19)12-8-13(20-16-12)14-2-1-5-21-14/h1-2,5,8-11,18H,3-4,6-7H2. The van der Waals surface area contributed by atoms with E-state index in [1.807, 2.05) is 22.4 Å². The van der Waals surface area contributed by atoms with Crippen molar-refractivity contribution < 1.29 is 14.4 Å². The number of hydrogen-bond acceptors (Lipinski definition) is 5. The first-order valence-corrected chi connectivity index (χ1v) is 8.11. The molecule has 2 aromatic rings. The number of aliphatic hydroxyl groups is 1. The summed E-state index contributed by atoms with van der Waals surface area (Å²) < 4.78 is 5.30. The van der Waals surface area contributed by atoms with E-state index in [-0.39, 0.29) is 24.1 Å². The lowest BCUT2D eigenvalue weighted by molar-refractivity contribution is 0.0280. The molecule has 2 aliphatic heterocycles. The number of piperidine rings is 1. The SMILES string of the molecule is O=C(c1cc(-c2cccs2)on1)N1C2CCC1CC(O)C2. The molecule has 1 N–H and O–H groups in total. The quantitative estimate of drug-likeness (QED) is 0.926. The van der Waals surface area contributed by atoms with Crippen molar-refractivity contribution in [3.63, 3.8) is 0 Å². The Balaban J connectivity index is 1.58. The summed E-state index contributed by atoms with van der Waals surface area (Å²) in [5.41, 5.74) is 0.367. The zero-order valence-corrected chi connectivity index (χ0v) is 12.3. The summed E-state index contributed by atoms with van der Waals surface area (Å²) in [4.78, 5) is 15.6. The molecule has 2 unspecified atom stereocenters. The number of hydrogen-bond donors (Lipinski definition) is 1. The first kappa shape index (κ1) is 13.0. The average Bonchev–Trinajstić information content (AvgIpc) is 3.17. The van der Waals surface area contributed by atoms with Gasteiger partial charge in [0, 0.05) is 18.2 Å². The molecule has 2 aromatic heterocycles.